The second kappa shape index (κ2) is 5.43. The molecule has 1 fully saturated rings. The summed E-state index contributed by atoms with van der Waals surface area (Å²) in [7, 11) is 0. The van der Waals surface area contributed by atoms with Gasteiger partial charge in [0.1, 0.15) is 0 Å². The first-order valence-electron chi connectivity index (χ1n) is 4.31. The Morgan fingerprint density at radius 1 is 1.50 bits per heavy atom. The van der Waals surface area contributed by atoms with Crippen molar-refractivity contribution in [1.82, 2.24) is 4.90 Å². The summed E-state index contributed by atoms with van der Waals surface area (Å²) in [6, 6.07) is 0. The molecule has 1 aliphatic heterocycles. The molecule has 1 saturated heterocycles. The van der Waals surface area contributed by atoms with Gasteiger partial charge in [0.25, 0.3) is 0 Å². The van der Waals surface area contributed by atoms with E-state index in [0.29, 0.717) is 19.6 Å². The predicted molar refractivity (Wildman–Crippen MR) is 50.5 cm³/mol. The van der Waals surface area contributed by atoms with Crippen molar-refractivity contribution in [1.29, 1.82) is 0 Å². The minimum Gasteiger partial charge on any atom is -0.379 e. The minimum atomic E-state index is 0.268. The van der Waals surface area contributed by atoms with E-state index in [1.165, 1.54) is 0 Å². The summed E-state index contributed by atoms with van der Waals surface area (Å²) in [5.41, 5.74) is 0. The van der Waals surface area contributed by atoms with Crippen LogP contribution < -0.4 is 0 Å². The molecule has 1 aliphatic rings. The van der Waals surface area contributed by atoms with E-state index in [1.54, 1.807) is 0 Å². The van der Waals surface area contributed by atoms with Crippen LogP contribution in [0.5, 0.6) is 0 Å². The van der Waals surface area contributed by atoms with Gasteiger partial charge in [-0.3, -0.25) is 4.79 Å². The lowest BCUT2D eigenvalue weighted by molar-refractivity contribution is -0.128. The van der Waals surface area contributed by atoms with Gasteiger partial charge in [0, 0.05) is 25.3 Å². The van der Waals surface area contributed by atoms with Crippen molar-refractivity contribution < 1.29 is 9.53 Å². The van der Waals surface area contributed by atoms with Crippen LogP contribution in [-0.4, -0.2) is 42.9 Å². The lowest BCUT2D eigenvalue weighted by Gasteiger charge is -2.14. The lowest BCUT2D eigenvalue weighted by atomic mass is 10.4. The highest BCUT2D eigenvalue weighted by atomic mass is 32.1. The molecular formula is C8H15NO2S. The maximum Gasteiger partial charge on any atom is 0.222 e. The van der Waals surface area contributed by atoms with Gasteiger partial charge in [-0.05, 0) is 6.42 Å². The summed E-state index contributed by atoms with van der Waals surface area (Å²) in [5.74, 6) is 1.01. The second-order valence-electron chi connectivity index (χ2n) is 2.82. The third kappa shape index (κ3) is 3.03. The molecular weight excluding hydrogens is 174 g/mol. The van der Waals surface area contributed by atoms with Crippen molar-refractivity contribution in [3.8, 4) is 0 Å². The Hall–Kier alpha value is -0.220. The number of hydrogen-bond donors (Lipinski definition) is 1. The fraction of sp³-hybridized carbons (Fsp3) is 0.875. The molecule has 1 rings (SSSR count). The van der Waals surface area contributed by atoms with E-state index in [1.807, 2.05) is 4.90 Å². The summed E-state index contributed by atoms with van der Waals surface area (Å²) >= 11 is 4.02. The Kier molecular flexibility index (Phi) is 4.46. The molecule has 0 atom stereocenters. The molecule has 4 heteroatoms. The number of nitrogens with zero attached hydrogens (tertiary/aromatic N) is 1. The van der Waals surface area contributed by atoms with Gasteiger partial charge in [-0.2, -0.15) is 12.6 Å². The van der Waals surface area contributed by atoms with Crippen molar-refractivity contribution >= 4 is 18.5 Å². The van der Waals surface area contributed by atoms with Gasteiger partial charge in [-0.1, -0.05) is 0 Å². The summed E-state index contributed by atoms with van der Waals surface area (Å²) in [6.45, 7) is 2.97. The first-order valence-corrected chi connectivity index (χ1v) is 4.94. The second-order valence-corrected chi connectivity index (χ2v) is 3.27. The fourth-order valence-corrected chi connectivity index (χ4v) is 1.41. The van der Waals surface area contributed by atoms with Gasteiger partial charge in [0.15, 0.2) is 0 Å². The van der Waals surface area contributed by atoms with Crippen LogP contribution in [0.25, 0.3) is 0 Å². The molecule has 0 aromatic carbocycles. The smallest absolute Gasteiger partial charge is 0.222 e. The average molecular weight is 189 g/mol. The molecule has 0 bridgehead atoms. The number of rotatable bonds is 5. The van der Waals surface area contributed by atoms with Gasteiger partial charge in [0.2, 0.25) is 5.91 Å². The Bertz CT molecular complexity index is 152. The average Bonchev–Trinajstić information content (AvgIpc) is 2.46. The van der Waals surface area contributed by atoms with E-state index in [-0.39, 0.29) is 5.91 Å². The summed E-state index contributed by atoms with van der Waals surface area (Å²) in [4.78, 5) is 13.0. The number of thiol groups is 1. The Morgan fingerprint density at radius 2 is 2.33 bits per heavy atom. The molecule has 0 radical (unpaired) electrons. The standard InChI is InChI=1S/C8H15NO2S/c10-8-2-1-3-9(8)4-5-11-6-7-12/h12H,1-7H2. The Morgan fingerprint density at radius 3 is 2.92 bits per heavy atom. The number of carbonyl (C=O) groups excluding carboxylic acids is 1. The van der Waals surface area contributed by atoms with Crippen molar-refractivity contribution in [2.24, 2.45) is 0 Å². The number of carbonyl (C=O) groups is 1. The normalized spacial score (nSPS) is 17.4. The van der Waals surface area contributed by atoms with Gasteiger partial charge in [-0.15, -0.1) is 0 Å². The summed E-state index contributed by atoms with van der Waals surface area (Å²) < 4.78 is 5.22. The maximum absolute atomic E-state index is 11.1. The summed E-state index contributed by atoms with van der Waals surface area (Å²) in [6.07, 6.45) is 1.72. The fourth-order valence-electron chi connectivity index (χ4n) is 1.28. The van der Waals surface area contributed by atoms with Crippen molar-refractivity contribution in [3.63, 3.8) is 0 Å². The first-order chi connectivity index (χ1) is 5.84. The van der Waals surface area contributed by atoms with E-state index in [0.717, 1.165) is 25.3 Å². The monoisotopic (exact) mass is 189 g/mol. The van der Waals surface area contributed by atoms with Gasteiger partial charge in [0.05, 0.1) is 13.2 Å². The van der Waals surface area contributed by atoms with Crippen LogP contribution in [0, 0.1) is 0 Å². The SMILES string of the molecule is O=C1CCCN1CCOCCS. The number of likely N-dealkylation sites (tertiary alicyclic amines) is 1. The molecule has 1 amide bonds. The van der Waals surface area contributed by atoms with Crippen molar-refractivity contribution in [3.05, 3.63) is 0 Å². The lowest BCUT2D eigenvalue weighted by Crippen LogP contribution is -2.28. The number of ether oxygens (including phenoxy) is 1. The molecule has 3 nitrogen and oxygen atoms in total. The zero-order valence-corrected chi connectivity index (χ0v) is 8.06. The first kappa shape index (κ1) is 9.86. The molecule has 0 spiro atoms. The van der Waals surface area contributed by atoms with Gasteiger partial charge < -0.3 is 9.64 Å². The number of amides is 1. The molecule has 12 heavy (non-hydrogen) atoms. The molecule has 0 aliphatic carbocycles. The van der Waals surface area contributed by atoms with E-state index >= 15 is 0 Å². The van der Waals surface area contributed by atoms with Crippen LogP contribution in [0.15, 0.2) is 0 Å². The molecule has 70 valence electrons. The molecule has 0 saturated carbocycles. The van der Waals surface area contributed by atoms with E-state index in [9.17, 15) is 4.79 Å². The minimum absolute atomic E-state index is 0.268. The zero-order valence-electron chi connectivity index (χ0n) is 7.16. The highest BCUT2D eigenvalue weighted by molar-refractivity contribution is 7.80. The van der Waals surface area contributed by atoms with Crippen molar-refractivity contribution in [2.45, 2.75) is 12.8 Å². The van der Waals surface area contributed by atoms with E-state index in [2.05, 4.69) is 12.6 Å². The predicted octanol–water partition coefficient (Wildman–Crippen LogP) is 0.555. The summed E-state index contributed by atoms with van der Waals surface area (Å²) in [5, 5.41) is 0. The highest BCUT2D eigenvalue weighted by Gasteiger charge is 2.18. The van der Waals surface area contributed by atoms with Crippen LogP contribution >= 0.6 is 12.6 Å². The quantitative estimate of drug-likeness (QED) is 0.506. The molecule has 0 aromatic rings. The van der Waals surface area contributed by atoms with Crippen LogP contribution in [0.1, 0.15) is 12.8 Å². The third-order valence-electron chi connectivity index (χ3n) is 1.91. The van der Waals surface area contributed by atoms with Crippen LogP contribution in [-0.2, 0) is 9.53 Å². The van der Waals surface area contributed by atoms with Crippen LogP contribution in [0.3, 0.4) is 0 Å². The van der Waals surface area contributed by atoms with E-state index < -0.39 is 0 Å². The topological polar surface area (TPSA) is 29.5 Å². The Balaban J connectivity index is 2.02. The van der Waals surface area contributed by atoms with Crippen LogP contribution in [0.4, 0.5) is 0 Å². The van der Waals surface area contributed by atoms with E-state index in [4.69, 9.17) is 4.74 Å². The zero-order chi connectivity index (χ0) is 8.81. The van der Waals surface area contributed by atoms with Gasteiger partial charge >= 0.3 is 0 Å². The molecule has 0 aromatic heterocycles. The van der Waals surface area contributed by atoms with Crippen molar-refractivity contribution in [2.75, 3.05) is 32.1 Å². The number of hydrogen-bond acceptors (Lipinski definition) is 3. The van der Waals surface area contributed by atoms with Crippen LogP contribution in [0.2, 0.25) is 0 Å². The highest BCUT2D eigenvalue weighted by Crippen LogP contribution is 2.08. The maximum atomic E-state index is 11.1. The molecule has 0 N–H and O–H groups in total. The largest absolute Gasteiger partial charge is 0.379 e. The third-order valence-corrected chi connectivity index (χ3v) is 2.10. The molecule has 1 heterocycles. The molecule has 0 unspecified atom stereocenters. The Labute approximate surface area is 78.5 Å². The van der Waals surface area contributed by atoms with Gasteiger partial charge in [-0.25, -0.2) is 0 Å².